The van der Waals surface area contributed by atoms with E-state index in [0.717, 1.165) is 77.0 Å². The summed E-state index contributed by atoms with van der Waals surface area (Å²) in [6.45, 7) is 1.96. The van der Waals surface area contributed by atoms with Crippen LogP contribution >= 0.6 is 0 Å². The van der Waals surface area contributed by atoms with Crippen LogP contribution in [-0.4, -0.2) is 127 Å². The summed E-state index contributed by atoms with van der Waals surface area (Å²) in [6.07, 6.45) is 12.6. The number of carboxylic acids is 3. The Bertz CT molecular complexity index is 1440. The average molecular weight is 894 g/mol. The van der Waals surface area contributed by atoms with Crippen LogP contribution in [0.15, 0.2) is 0 Å². The Morgan fingerprint density at radius 1 is 0.557 bits per heavy atom. The average Bonchev–Trinajstić information content (AvgIpc) is 3.17. The van der Waals surface area contributed by atoms with Gasteiger partial charge in [-0.1, -0.05) is 77.0 Å². The predicted octanol–water partition coefficient (Wildman–Crippen LogP) is 3.85. The smallest absolute Gasteiger partial charge is 0.306 e. The Balaban J connectivity index is 4.37. The van der Waals surface area contributed by atoms with Gasteiger partial charge in [-0.05, 0) is 32.6 Å². The number of amides is 3. The van der Waals surface area contributed by atoms with Crippen LogP contribution in [0.4, 0.5) is 0 Å². The Morgan fingerprint density at radius 2 is 1.02 bits per heavy atom. The number of Topliss-reactive ketones (excluding diaryl/α,β-unsaturated/α-hetero) is 2. The third-order valence-electron chi connectivity index (χ3n) is 9.78. The van der Waals surface area contributed by atoms with Gasteiger partial charge in [-0.25, -0.2) is 0 Å². The molecule has 61 heavy (non-hydrogen) atoms. The minimum Gasteiger partial charge on any atom is -0.481 e. The zero-order chi connectivity index (χ0) is 45.9. The summed E-state index contributed by atoms with van der Waals surface area (Å²) >= 11 is 0. The number of carbonyl (C=O) groups excluding carboxylic acids is 5. The summed E-state index contributed by atoms with van der Waals surface area (Å²) < 4.78 is 43.2. The fourth-order valence-electron chi connectivity index (χ4n) is 6.37. The summed E-state index contributed by atoms with van der Waals surface area (Å²) in [5.41, 5.74) is 0. The number of carbonyl (C=O) groups is 8. The van der Waals surface area contributed by atoms with Gasteiger partial charge in [0.1, 0.15) is 18.4 Å². The molecule has 0 aliphatic rings. The Kier molecular flexibility index (Phi) is 33.2. The number of rotatable bonds is 42. The first-order chi connectivity index (χ1) is 28.9. The molecule has 0 radical (unpaired) electrons. The van der Waals surface area contributed by atoms with Gasteiger partial charge in [0.25, 0.3) is 10.1 Å². The van der Waals surface area contributed by atoms with E-state index in [1.807, 2.05) is 0 Å². The number of unbranched alkanes of at least 4 members (excludes halogenated alkanes) is 13. The molecule has 0 heterocycles. The summed E-state index contributed by atoms with van der Waals surface area (Å²) in [4.78, 5) is 95.4. The molecule has 3 unspecified atom stereocenters. The summed E-state index contributed by atoms with van der Waals surface area (Å²) in [5, 5.41) is 35.1. The molecule has 0 spiro atoms. The van der Waals surface area contributed by atoms with Crippen molar-refractivity contribution < 1.29 is 76.1 Å². The number of ketones is 2. The highest BCUT2D eigenvalue weighted by Gasteiger charge is 2.31. The van der Waals surface area contributed by atoms with Gasteiger partial charge in [0.15, 0.2) is 11.6 Å². The van der Waals surface area contributed by atoms with Crippen LogP contribution in [0.3, 0.4) is 0 Å². The molecule has 3 atom stereocenters. The molecule has 0 rings (SSSR count). The minimum absolute atomic E-state index is 0.00820. The number of nitrogens with one attached hydrogen (secondary N) is 3. The van der Waals surface area contributed by atoms with E-state index in [9.17, 15) is 61.5 Å². The van der Waals surface area contributed by atoms with Crippen LogP contribution in [0.2, 0.25) is 0 Å². The van der Waals surface area contributed by atoms with Gasteiger partial charge < -0.3 is 40.7 Å². The molecule has 0 aromatic carbocycles. The maximum absolute atomic E-state index is 13.0. The van der Waals surface area contributed by atoms with Gasteiger partial charge >= 0.3 is 17.9 Å². The lowest BCUT2D eigenvalue weighted by Crippen LogP contribution is -2.46. The molecule has 20 heteroatoms. The van der Waals surface area contributed by atoms with Gasteiger partial charge in [0, 0.05) is 51.6 Å². The number of aliphatic carboxylic acids is 3. The van der Waals surface area contributed by atoms with Gasteiger partial charge in [-0.3, -0.25) is 42.9 Å². The highest BCUT2D eigenvalue weighted by Crippen LogP contribution is 2.17. The highest BCUT2D eigenvalue weighted by molar-refractivity contribution is 7.85. The van der Waals surface area contributed by atoms with E-state index < -0.39 is 81.5 Å². The van der Waals surface area contributed by atoms with Gasteiger partial charge in [0.2, 0.25) is 17.7 Å². The van der Waals surface area contributed by atoms with Crippen molar-refractivity contribution in [3.63, 3.8) is 0 Å². The molecule has 0 aromatic heterocycles. The van der Waals surface area contributed by atoms with Crippen molar-refractivity contribution in [3.8, 4) is 0 Å². The van der Waals surface area contributed by atoms with Gasteiger partial charge in [0.05, 0.1) is 31.7 Å². The van der Waals surface area contributed by atoms with Crippen molar-refractivity contribution >= 4 is 57.3 Å². The molecule has 19 nitrogen and oxygen atoms in total. The topological polar surface area (TPSA) is 306 Å². The third kappa shape index (κ3) is 35.3. The molecule has 0 saturated carbocycles. The molecule has 0 aliphatic carbocycles. The second kappa shape index (κ2) is 35.6. The van der Waals surface area contributed by atoms with E-state index in [4.69, 9.17) is 14.6 Å². The van der Waals surface area contributed by atoms with E-state index in [-0.39, 0.29) is 83.8 Å². The lowest BCUT2D eigenvalue weighted by Gasteiger charge is -2.19. The van der Waals surface area contributed by atoms with Crippen LogP contribution in [0.5, 0.6) is 0 Å². The normalized spacial score (nSPS) is 12.8. The quantitative estimate of drug-likeness (QED) is 0.0338. The molecular formula is C41H71N3O16S. The monoisotopic (exact) mass is 893 g/mol. The second-order valence-electron chi connectivity index (χ2n) is 15.2. The Hall–Kier alpha value is -4.01. The number of hydrogen-bond acceptors (Lipinski definition) is 12. The van der Waals surface area contributed by atoms with Crippen molar-refractivity contribution in [2.45, 2.75) is 154 Å². The number of hydrogen-bond donors (Lipinski definition) is 7. The van der Waals surface area contributed by atoms with Gasteiger partial charge in [-0.2, -0.15) is 8.42 Å². The van der Waals surface area contributed by atoms with Crippen molar-refractivity contribution in [3.05, 3.63) is 0 Å². The third-order valence-corrected chi connectivity index (χ3v) is 10.5. The lowest BCUT2D eigenvalue weighted by atomic mass is 9.94. The Morgan fingerprint density at radius 3 is 1.49 bits per heavy atom. The number of ether oxygens (including phenoxy) is 2. The van der Waals surface area contributed by atoms with Crippen LogP contribution in [-0.2, 0) is 57.9 Å². The molecule has 0 bridgehead atoms. The van der Waals surface area contributed by atoms with E-state index in [1.165, 1.54) is 6.42 Å². The summed E-state index contributed by atoms with van der Waals surface area (Å²) in [7, 11) is -4.72. The zero-order valence-electron chi connectivity index (χ0n) is 35.8. The molecular weight excluding hydrogens is 823 g/mol. The van der Waals surface area contributed by atoms with Crippen molar-refractivity contribution in [2.75, 3.05) is 45.3 Å². The predicted molar refractivity (Wildman–Crippen MR) is 223 cm³/mol. The maximum atomic E-state index is 13.0. The summed E-state index contributed by atoms with van der Waals surface area (Å²) in [6, 6.07) is -1.67. The first kappa shape index (κ1) is 57.0. The molecule has 0 aliphatic heterocycles. The van der Waals surface area contributed by atoms with Crippen LogP contribution < -0.4 is 16.0 Å². The van der Waals surface area contributed by atoms with Gasteiger partial charge in [-0.15, -0.1) is 0 Å². The summed E-state index contributed by atoms with van der Waals surface area (Å²) in [5.74, 6) is -9.64. The van der Waals surface area contributed by atoms with Crippen molar-refractivity contribution in [2.24, 2.45) is 11.8 Å². The second-order valence-corrected chi connectivity index (χ2v) is 16.7. The van der Waals surface area contributed by atoms with Crippen LogP contribution in [0.25, 0.3) is 0 Å². The van der Waals surface area contributed by atoms with E-state index in [2.05, 4.69) is 16.0 Å². The standard InChI is InChI=1S/C41H71N3O16S/c1-2-42-36(47)21-19-31(40(52)53)27-33(45)29-60-26-25-59-24-23-43-37(48)22-20-32(41(54)55)28-35(46)34(30-61(56,57)58)44-38(49)17-15-13-11-9-7-5-3-4-6-8-10-12-14-16-18-39(50)51/h31-32,34H,2-30H2,1H3,(H,42,47)(H,43,48)(H,44,49)(H,50,51)(H,52,53)(H,54,55)(H,56,57,58). The Labute approximate surface area is 360 Å². The largest absolute Gasteiger partial charge is 0.481 e. The van der Waals surface area contributed by atoms with Crippen molar-refractivity contribution in [1.82, 2.24) is 16.0 Å². The first-order valence-electron chi connectivity index (χ1n) is 21.6. The van der Waals surface area contributed by atoms with Crippen molar-refractivity contribution in [1.29, 1.82) is 0 Å². The molecule has 0 saturated heterocycles. The molecule has 3 amide bonds. The maximum Gasteiger partial charge on any atom is 0.306 e. The SMILES string of the molecule is CCNC(=O)CCC(CC(=O)COCCOCCNC(=O)CCC(CC(=O)C(CS(=O)(=O)O)NC(=O)CCCCCCCCCCCCCCCCC(=O)O)C(=O)O)C(=O)O. The molecule has 352 valence electrons. The van der Waals surface area contributed by atoms with E-state index >= 15 is 0 Å². The van der Waals surface area contributed by atoms with Crippen LogP contribution in [0, 0.1) is 11.8 Å². The molecule has 0 aromatic rings. The first-order valence-corrected chi connectivity index (χ1v) is 23.2. The fraction of sp³-hybridized carbons (Fsp3) is 0.805. The highest BCUT2D eigenvalue weighted by atomic mass is 32.2. The number of carboxylic acid groups (broad SMARTS) is 3. The molecule has 7 N–H and O–H groups in total. The fourth-order valence-corrected chi connectivity index (χ4v) is 7.06. The minimum atomic E-state index is -4.72. The van der Waals surface area contributed by atoms with E-state index in [1.54, 1.807) is 6.92 Å². The zero-order valence-corrected chi connectivity index (χ0v) is 36.7. The molecule has 0 fully saturated rings. The lowest BCUT2D eigenvalue weighted by molar-refractivity contribution is -0.145. The van der Waals surface area contributed by atoms with Crippen LogP contribution in [0.1, 0.15) is 148 Å². The van der Waals surface area contributed by atoms with E-state index in [0.29, 0.717) is 13.0 Å².